The van der Waals surface area contributed by atoms with Crippen molar-refractivity contribution in [3.8, 4) is 11.5 Å². The normalized spacial score (nSPS) is 12.6. The number of aryl methyl sites for hydroxylation is 1. The smallest absolute Gasteiger partial charge is 0.343 e. The Morgan fingerprint density at radius 3 is 2.37 bits per heavy atom. The second kappa shape index (κ2) is 12.7. The largest absolute Gasteiger partial charge is 0.497 e. The Kier molecular flexibility index (Phi) is 10.3. The molecule has 0 aliphatic heterocycles. The number of hydrogen-bond acceptors (Lipinski definition) is 7. The van der Waals surface area contributed by atoms with Gasteiger partial charge < -0.3 is 24.6 Å². The van der Waals surface area contributed by atoms with Crippen LogP contribution in [0.3, 0.4) is 0 Å². The number of aliphatic hydroxyl groups excluding tert-OH is 1. The van der Waals surface area contributed by atoms with Crippen molar-refractivity contribution in [2.75, 3.05) is 20.3 Å². The molecule has 2 rings (SSSR count). The molecule has 8 heteroatoms. The number of carbonyl (C=O) groups excluding carboxylic acids is 2. The molecule has 0 aliphatic rings. The van der Waals surface area contributed by atoms with Gasteiger partial charge in [-0.05, 0) is 54.7 Å². The van der Waals surface area contributed by atoms with Gasteiger partial charge in [0.05, 0.1) is 26.4 Å². The fourth-order valence-corrected chi connectivity index (χ4v) is 3.83. The second-order valence-electron chi connectivity index (χ2n) is 9.11. The molecule has 0 radical (unpaired) electrons. The van der Waals surface area contributed by atoms with Gasteiger partial charge in [-0.25, -0.2) is 4.79 Å². The predicted molar refractivity (Wildman–Crippen MR) is 139 cm³/mol. The Hall–Kier alpha value is -2.84. The summed E-state index contributed by atoms with van der Waals surface area (Å²) in [6, 6.07) is 10.5. The van der Waals surface area contributed by atoms with Crippen molar-refractivity contribution in [1.82, 2.24) is 5.32 Å². The summed E-state index contributed by atoms with van der Waals surface area (Å²) in [4.78, 5) is 26.1. The Morgan fingerprint density at radius 1 is 1.17 bits per heavy atom. The molecule has 0 heterocycles. The first-order valence-electron chi connectivity index (χ1n) is 11.4. The van der Waals surface area contributed by atoms with Crippen LogP contribution in [-0.4, -0.2) is 43.2 Å². The van der Waals surface area contributed by atoms with E-state index in [1.165, 1.54) is 6.20 Å². The monoisotopic (exact) mass is 547 g/mol. The molecule has 0 aliphatic carbocycles. The lowest BCUT2D eigenvalue weighted by atomic mass is 9.87. The molecule has 0 aromatic heterocycles. The standard InChI is InChI=1S/C27H34BrNO6/c1-7-34-26(32)21(14-29-24(15-30)27(3,4)5)25(31)20-13-23(17(2)12-22(20)28)35-16-18-8-10-19(33-6)11-9-18/h8-14,24,29-30H,7,15-16H2,1-6H3/b21-14-/t24-/m1/s1. The molecular weight excluding hydrogens is 514 g/mol. The number of methoxy groups -OCH3 is 1. The number of rotatable bonds is 11. The number of Topliss-reactive ketones (excluding diaryl/α,β-unsaturated/α-hetero) is 1. The van der Waals surface area contributed by atoms with Crippen LogP contribution in [0.4, 0.5) is 0 Å². The lowest BCUT2D eigenvalue weighted by Crippen LogP contribution is -2.41. The van der Waals surface area contributed by atoms with Crippen molar-refractivity contribution in [3.63, 3.8) is 0 Å². The summed E-state index contributed by atoms with van der Waals surface area (Å²) in [5, 5.41) is 12.8. The van der Waals surface area contributed by atoms with E-state index in [0.717, 1.165) is 16.9 Å². The number of hydrogen-bond donors (Lipinski definition) is 2. The van der Waals surface area contributed by atoms with Gasteiger partial charge in [-0.15, -0.1) is 0 Å². The number of carbonyl (C=O) groups is 2. The average Bonchev–Trinajstić information content (AvgIpc) is 2.80. The van der Waals surface area contributed by atoms with E-state index in [1.807, 2.05) is 52.0 Å². The summed E-state index contributed by atoms with van der Waals surface area (Å²) in [5.74, 6) is 0.00111. The first-order valence-corrected chi connectivity index (χ1v) is 12.2. The van der Waals surface area contributed by atoms with Crippen molar-refractivity contribution >= 4 is 27.7 Å². The highest BCUT2D eigenvalue weighted by atomic mass is 79.9. The van der Waals surface area contributed by atoms with Crippen LogP contribution < -0.4 is 14.8 Å². The molecule has 0 saturated heterocycles. The van der Waals surface area contributed by atoms with E-state index in [1.54, 1.807) is 26.2 Å². The highest BCUT2D eigenvalue weighted by Crippen LogP contribution is 2.30. The minimum absolute atomic E-state index is 0.122. The summed E-state index contributed by atoms with van der Waals surface area (Å²) >= 11 is 3.45. The van der Waals surface area contributed by atoms with Gasteiger partial charge >= 0.3 is 5.97 Å². The number of nitrogens with one attached hydrogen (secondary N) is 1. The van der Waals surface area contributed by atoms with Crippen molar-refractivity contribution < 1.29 is 28.9 Å². The zero-order chi connectivity index (χ0) is 26.2. The van der Waals surface area contributed by atoms with Gasteiger partial charge in [0, 0.05) is 16.2 Å². The molecule has 35 heavy (non-hydrogen) atoms. The lowest BCUT2D eigenvalue weighted by molar-refractivity contribution is -0.138. The maximum Gasteiger partial charge on any atom is 0.343 e. The minimum Gasteiger partial charge on any atom is -0.497 e. The number of ether oxygens (including phenoxy) is 3. The van der Waals surface area contributed by atoms with Crippen molar-refractivity contribution in [2.45, 2.75) is 47.3 Å². The van der Waals surface area contributed by atoms with E-state index < -0.39 is 11.8 Å². The van der Waals surface area contributed by atoms with Crippen molar-refractivity contribution in [3.05, 3.63) is 69.3 Å². The Balaban J connectivity index is 2.35. The number of esters is 1. The van der Waals surface area contributed by atoms with Gasteiger partial charge in [-0.3, -0.25) is 4.79 Å². The third kappa shape index (κ3) is 7.83. The minimum atomic E-state index is -0.747. The van der Waals surface area contributed by atoms with Gasteiger partial charge in [-0.2, -0.15) is 0 Å². The Labute approximate surface area is 215 Å². The molecule has 0 unspecified atom stereocenters. The topological polar surface area (TPSA) is 94.1 Å². The molecule has 1 atom stereocenters. The van der Waals surface area contributed by atoms with Crippen LogP contribution in [0.15, 0.2) is 52.6 Å². The van der Waals surface area contributed by atoms with E-state index in [4.69, 9.17) is 14.2 Å². The summed E-state index contributed by atoms with van der Waals surface area (Å²) in [6.07, 6.45) is 1.33. The zero-order valence-electron chi connectivity index (χ0n) is 21.1. The SMILES string of the molecule is CCOC(=O)/C(=C\N[C@H](CO)C(C)(C)C)C(=O)c1cc(OCc2ccc(OC)cc2)c(C)cc1Br. The van der Waals surface area contributed by atoms with Gasteiger partial charge in [-0.1, -0.05) is 48.8 Å². The van der Waals surface area contributed by atoms with E-state index in [0.29, 0.717) is 16.8 Å². The fourth-order valence-electron chi connectivity index (χ4n) is 3.20. The zero-order valence-corrected chi connectivity index (χ0v) is 22.7. The quantitative estimate of drug-likeness (QED) is 0.135. The molecule has 0 bridgehead atoms. The third-order valence-electron chi connectivity index (χ3n) is 5.46. The fraction of sp³-hybridized carbons (Fsp3) is 0.407. The molecule has 7 nitrogen and oxygen atoms in total. The summed E-state index contributed by atoms with van der Waals surface area (Å²) in [7, 11) is 1.61. The van der Waals surface area contributed by atoms with Crippen LogP contribution in [0.25, 0.3) is 0 Å². The van der Waals surface area contributed by atoms with Crippen LogP contribution in [-0.2, 0) is 16.1 Å². The van der Waals surface area contributed by atoms with E-state index >= 15 is 0 Å². The van der Waals surface area contributed by atoms with Crippen molar-refractivity contribution in [2.24, 2.45) is 5.41 Å². The highest BCUT2D eigenvalue weighted by Gasteiger charge is 2.27. The molecule has 0 amide bonds. The molecular formula is C27H34BrNO6. The number of benzene rings is 2. The third-order valence-corrected chi connectivity index (χ3v) is 6.12. The predicted octanol–water partition coefficient (Wildman–Crippen LogP) is 4.97. The molecule has 0 saturated carbocycles. The van der Waals surface area contributed by atoms with Gasteiger partial charge in [0.15, 0.2) is 0 Å². The van der Waals surface area contributed by atoms with E-state index in [-0.39, 0.29) is 35.8 Å². The van der Waals surface area contributed by atoms with Crippen LogP contribution in [0.1, 0.15) is 49.2 Å². The Bertz CT molecular complexity index is 1060. The summed E-state index contributed by atoms with van der Waals surface area (Å²) in [5.41, 5.74) is 1.56. The van der Waals surface area contributed by atoms with E-state index in [2.05, 4.69) is 21.2 Å². The molecule has 0 spiro atoms. The van der Waals surface area contributed by atoms with E-state index in [9.17, 15) is 14.7 Å². The van der Waals surface area contributed by atoms with Crippen LogP contribution in [0.5, 0.6) is 11.5 Å². The van der Waals surface area contributed by atoms with Gasteiger partial charge in [0.25, 0.3) is 0 Å². The molecule has 0 fully saturated rings. The van der Waals surface area contributed by atoms with Gasteiger partial charge in [0.1, 0.15) is 23.7 Å². The first-order chi connectivity index (χ1) is 16.5. The second-order valence-corrected chi connectivity index (χ2v) is 9.96. The van der Waals surface area contributed by atoms with Crippen LogP contribution in [0, 0.1) is 12.3 Å². The molecule has 2 aromatic carbocycles. The molecule has 190 valence electrons. The maximum absolute atomic E-state index is 13.5. The summed E-state index contributed by atoms with van der Waals surface area (Å²) < 4.78 is 16.8. The number of halogens is 1. The van der Waals surface area contributed by atoms with Crippen LogP contribution in [0.2, 0.25) is 0 Å². The number of aliphatic hydroxyl groups is 1. The van der Waals surface area contributed by atoms with Crippen molar-refractivity contribution in [1.29, 1.82) is 0 Å². The Morgan fingerprint density at radius 2 is 1.83 bits per heavy atom. The number of ketones is 1. The average molecular weight is 548 g/mol. The van der Waals surface area contributed by atoms with Gasteiger partial charge in [0.2, 0.25) is 5.78 Å². The van der Waals surface area contributed by atoms with Crippen LogP contribution >= 0.6 is 15.9 Å². The molecule has 2 aromatic rings. The molecule has 2 N–H and O–H groups in total. The lowest BCUT2D eigenvalue weighted by Gasteiger charge is -2.29. The summed E-state index contributed by atoms with van der Waals surface area (Å²) in [6.45, 7) is 9.65. The maximum atomic E-state index is 13.5. The highest BCUT2D eigenvalue weighted by molar-refractivity contribution is 9.10. The first kappa shape index (κ1) is 28.4.